The van der Waals surface area contributed by atoms with E-state index in [0.29, 0.717) is 6.42 Å². The van der Waals surface area contributed by atoms with Crippen LogP contribution in [-0.2, 0) is 10.7 Å². The molecule has 0 aliphatic heterocycles. The molecule has 1 heterocycles. The zero-order valence-corrected chi connectivity index (χ0v) is 10.2. The molecule has 0 radical (unpaired) electrons. The average molecular weight is 302 g/mol. The third kappa shape index (κ3) is 3.20. The Bertz CT molecular complexity index is 473. The van der Waals surface area contributed by atoms with Crippen molar-refractivity contribution in [1.29, 1.82) is 0 Å². The molecule has 0 aliphatic carbocycles. The minimum Gasteiger partial charge on any atom is -0.481 e. The Morgan fingerprint density at radius 1 is 1.35 bits per heavy atom. The maximum atomic E-state index is 13.3. The molecule has 1 rings (SSSR count). The lowest BCUT2D eigenvalue weighted by atomic mass is 10.1. The van der Waals surface area contributed by atoms with Crippen molar-refractivity contribution in [2.45, 2.75) is 44.3 Å². The first kappa shape index (κ1) is 16.2. The summed E-state index contributed by atoms with van der Waals surface area (Å²) < 4.78 is 63.7. The lowest BCUT2D eigenvalue weighted by molar-refractivity contribution is -0.294. The maximum absolute atomic E-state index is 13.3. The van der Waals surface area contributed by atoms with E-state index in [4.69, 9.17) is 5.11 Å². The van der Waals surface area contributed by atoms with Gasteiger partial charge in [-0.1, -0.05) is 13.3 Å². The smallest absolute Gasteiger partial charge is 0.461 e. The number of tetrazole rings is 1. The molecule has 1 aromatic heterocycles. The minimum atomic E-state index is -5.86. The fraction of sp³-hybridized carbons (Fsp3) is 0.778. The van der Waals surface area contributed by atoms with Gasteiger partial charge in [0.1, 0.15) is 0 Å². The summed E-state index contributed by atoms with van der Waals surface area (Å²) in [5.74, 6) is -8.30. The summed E-state index contributed by atoms with van der Waals surface area (Å²) in [5.41, 5.74) is 0. The highest BCUT2D eigenvalue weighted by atomic mass is 19.4. The number of rotatable bonds is 6. The first-order valence-corrected chi connectivity index (χ1v) is 5.56. The van der Waals surface area contributed by atoms with Gasteiger partial charge in [-0.3, -0.25) is 4.79 Å². The van der Waals surface area contributed by atoms with E-state index in [2.05, 4.69) is 15.5 Å². The van der Waals surface area contributed by atoms with Crippen molar-refractivity contribution >= 4 is 5.97 Å². The highest BCUT2D eigenvalue weighted by Crippen LogP contribution is 2.43. The summed E-state index contributed by atoms with van der Waals surface area (Å²) in [4.78, 5) is 10.6. The van der Waals surface area contributed by atoms with E-state index in [1.165, 1.54) is 0 Å². The van der Waals surface area contributed by atoms with E-state index in [0.717, 1.165) is 0 Å². The van der Waals surface area contributed by atoms with Gasteiger partial charge < -0.3 is 5.11 Å². The van der Waals surface area contributed by atoms with E-state index in [9.17, 15) is 26.7 Å². The number of aromatic nitrogens is 4. The van der Waals surface area contributed by atoms with Gasteiger partial charge in [0.25, 0.3) is 0 Å². The molecule has 0 spiro atoms. The van der Waals surface area contributed by atoms with Gasteiger partial charge in [0.05, 0.1) is 12.5 Å². The van der Waals surface area contributed by atoms with Crippen molar-refractivity contribution in [2.24, 2.45) is 0 Å². The number of hydrogen-bond donors (Lipinski definition) is 1. The second-order valence-electron chi connectivity index (χ2n) is 4.06. The van der Waals surface area contributed by atoms with Crippen molar-refractivity contribution in [3.05, 3.63) is 5.82 Å². The highest BCUT2D eigenvalue weighted by molar-refractivity contribution is 5.67. The second kappa shape index (κ2) is 5.67. The molecule has 0 bridgehead atoms. The Balaban J connectivity index is 3.20. The van der Waals surface area contributed by atoms with Gasteiger partial charge in [0, 0.05) is 0 Å². The van der Waals surface area contributed by atoms with Gasteiger partial charge in [-0.15, -0.1) is 5.10 Å². The first-order valence-electron chi connectivity index (χ1n) is 5.56. The fourth-order valence-corrected chi connectivity index (χ4v) is 1.62. The number of carboxylic acids is 1. The lowest BCUT2D eigenvalue weighted by Gasteiger charge is -2.21. The van der Waals surface area contributed by atoms with E-state index < -0.39 is 36.4 Å². The van der Waals surface area contributed by atoms with Crippen molar-refractivity contribution in [1.82, 2.24) is 20.2 Å². The molecule has 0 amide bonds. The highest BCUT2D eigenvalue weighted by Gasteiger charge is 2.62. The van der Waals surface area contributed by atoms with Crippen LogP contribution < -0.4 is 0 Å². The van der Waals surface area contributed by atoms with Crippen LogP contribution in [0.4, 0.5) is 22.0 Å². The van der Waals surface area contributed by atoms with Crippen molar-refractivity contribution in [3.63, 3.8) is 0 Å². The van der Waals surface area contributed by atoms with Crippen LogP contribution in [0.25, 0.3) is 0 Å². The molecule has 0 saturated heterocycles. The third-order valence-corrected chi connectivity index (χ3v) is 2.51. The summed E-state index contributed by atoms with van der Waals surface area (Å²) in [6.45, 7) is 1.63. The summed E-state index contributed by atoms with van der Waals surface area (Å²) in [6.07, 6.45) is -6.09. The predicted molar refractivity (Wildman–Crippen MR) is 54.0 cm³/mol. The molecular formula is C9H11F5N4O2. The monoisotopic (exact) mass is 302 g/mol. The normalized spacial score (nSPS) is 14.3. The number of halogens is 5. The summed E-state index contributed by atoms with van der Waals surface area (Å²) in [6, 6.07) is -1.17. The predicted octanol–water partition coefficient (Wildman–Crippen LogP) is 2.14. The largest absolute Gasteiger partial charge is 0.481 e. The third-order valence-electron chi connectivity index (χ3n) is 2.51. The van der Waals surface area contributed by atoms with Crippen molar-refractivity contribution < 1.29 is 31.9 Å². The standard InChI is InChI=1S/C9H11F5N4O2/c1-2-3-5(4-6(19)20)18-7(15-16-17-18)8(10,11)9(12,13)14/h5H,2-4H2,1H3,(H,19,20). The van der Waals surface area contributed by atoms with E-state index >= 15 is 0 Å². The number of alkyl halides is 5. The van der Waals surface area contributed by atoms with Gasteiger partial charge in [-0.05, 0) is 16.8 Å². The minimum absolute atomic E-state index is 0.0538. The van der Waals surface area contributed by atoms with E-state index in [1.807, 2.05) is 0 Å². The summed E-state index contributed by atoms with van der Waals surface area (Å²) in [7, 11) is 0. The summed E-state index contributed by atoms with van der Waals surface area (Å²) >= 11 is 0. The molecule has 20 heavy (non-hydrogen) atoms. The molecule has 1 atom stereocenters. The number of nitrogens with zero attached hydrogens (tertiary/aromatic N) is 4. The van der Waals surface area contributed by atoms with Crippen LogP contribution in [0.15, 0.2) is 0 Å². The molecule has 0 saturated carbocycles. The van der Waals surface area contributed by atoms with Gasteiger partial charge in [-0.2, -0.15) is 22.0 Å². The van der Waals surface area contributed by atoms with Crippen LogP contribution in [-0.4, -0.2) is 37.5 Å². The van der Waals surface area contributed by atoms with Crippen molar-refractivity contribution in [2.75, 3.05) is 0 Å². The van der Waals surface area contributed by atoms with Crippen LogP contribution in [0.2, 0.25) is 0 Å². The Labute approximate surface area is 109 Å². The lowest BCUT2D eigenvalue weighted by Crippen LogP contribution is -2.37. The van der Waals surface area contributed by atoms with Gasteiger partial charge >= 0.3 is 18.1 Å². The molecule has 1 N–H and O–H groups in total. The van der Waals surface area contributed by atoms with Gasteiger partial charge in [0.15, 0.2) is 0 Å². The average Bonchev–Trinajstić information content (AvgIpc) is 2.75. The second-order valence-corrected chi connectivity index (χ2v) is 4.06. The Kier molecular flexibility index (Phi) is 4.61. The van der Waals surface area contributed by atoms with Crippen LogP contribution in [0, 0.1) is 0 Å². The molecule has 1 aromatic rings. The number of carboxylic acid groups (broad SMARTS) is 1. The number of aliphatic carboxylic acids is 1. The quantitative estimate of drug-likeness (QED) is 0.814. The molecule has 114 valence electrons. The van der Waals surface area contributed by atoms with E-state index in [-0.39, 0.29) is 11.1 Å². The van der Waals surface area contributed by atoms with Gasteiger partial charge in [0.2, 0.25) is 5.82 Å². The fourth-order valence-electron chi connectivity index (χ4n) is 1.62. The summed E-state index contributed by atoms with van der Waals surface area (Å²) in [5, 5.41) is 17.3. The number of hydrogen-bond acceptors (Lipinski definition) is 4. The number of carbonyl (C=O) groups is 1. The molecule has 6 nitrogen and oxygen atoms in total. The zero-order chi connectivity index (χ0) is 15.6. The molecular weight excluding hydrogens is 291 g/mol. The maximum Gasteiger partial charge on any atom is 0.461 e. The van der Waals surface area contributed by atoms with Crippen LogP contribution in [0.5, 0.6) is 0 Å². The topological polar surface area (TPSA) is 80.9 Å². The van der Waals surface area contributed by atoms with Gasteiger partial charge in [-0.25, -0.2) is 4.68 Å². The molecule has 11 heteroatoms. The molecule has 0 aromatic carbocycles. The zero-order valence-electron chi connectivity index (χ0n) is 10.2. The Hall–Kier alpha value is -1.81. The Morgan fingerprint density at radius 3 is 2.40 bits per heavy atom. The van der Waals surface area contributed by atoms with E-state index in [1.54, 1.807) is 6.92 Å². The molecule has 0 fully saturated rings. The SMILES string of the molecule is CCCC(CC(=O)O)n1nnnc1C(F)(F)C(F)(F)F. The van der Waals surface area contributed by atoms with Crippen LogP contribution in [0.3, 0.4) is 0 Å². The molecule has 1 unspecified atom stereocenters. The van der Waals surface area contributed by atoms with Crippen LogP contribution >= 0.6 is 0 Å². The Morgan fingerprint density at radius 2 is 1.95 bits per heavy atom. The van der Waals surface area contributed by atoms with Crippen LogP contribution in [0.1, 0.15) is 38.1 Å². The first-order chi connectivity index (χ1) is 9.11. The van der Waals surface area contributed by atoms with Crippen molar-refractivity contribution in [3.8, 4) is 0 Å². The molecule has 0 aliphatic rings.